The predicted octanol–water partition coefficient (Wildman–Crippen LogP) is 2.92. The second-order valence-corrected chi connectivity index (χ2v) is 4.76. The number of hydrogen-bond donors (Lipinski definition) is 1. The van der Waals surface area contributed by atoms with Crippen LogP contribution in [0.2, 0.25) is 0 Å². The van der Waals surface area contributed by atoms with E-state index in [0.717, 1.165) is 27.9 Å². The summed E-state index contributed by atoms with van der Waals surface area (Å²) >= 11 is 3.49. The highest BCUT2D eigenvalue weighted by Crippen LogP contribution is 2.18. The van der Waals surface area contributed by atoms with E-state index < -0.39 is 0 Å². The average molecular weight is 307 g/mol. The van der Waals surface area contributed by atoms with Gasteiger partial charge in [-0.1, -0.05) is 34.1 Å². The highest BCUT2D eigenvalue weighted by atomic mass is 79.9. The standard InChI is InChI=1S/C14H15BrN2O/c15-14-4-2-1-3-11(14)10-18-13-6-5-12(7-8-16)17-9-13/h1-6,9H,7-8,10,16H2. The van der Waals surface area contributed by atoms with Gasteiger partial charge in [0.25, 0.3) is 0 Å². The van der Waals surface area contributed by atoms with Crippen LogP contribution >= 0.6 is 15.9 Å². The zero-order valence-corrected chi connectivity index (χ0v) is 11.6. The van der Waals surface area contributed by atoms with Crippen molar-refractivity contribution in [1.29, 1.82) is 0 Å². The first kappa shape index (κ1) is 13.1. The third-order valence-electron chi connectivity index (χ3n) is 2.55. The first-order valence-corrected chi connectivity index (χ1v) is 6.60. The Labute approximate surface area is 115 Å². The maximum Gasteiger partial charge on any atom is 0.138 e. The molecule has 0 unspecified atom stereocenters. The van der Waals surface area contributed by atoms with E-state index >= 15 is 0 Å². The molecule has 0 amide bonds. The summed E-state index contributed by atoms with van der Waals surface area (Å²) in [6.45, 7) is 1.14. The van der Waals surface area contributed by atoms with Gasteiger partial charge in [-0.2, -0.15) is 0 Å². The molecule has 0 saturated carbocycles. The van der Waals surface area contributed by atoms with Gasteiger partial charge in [0.2, 0.25) is 0 Å². The second kappa shape index (κ2) is 6.52. The van der Waals surface area contributed by atoms with Gasteiger partial charge in [0.15, 0.2) is 0 Å². The van der Waals surface area contributed by atoms with Crippen molar-refractivity contribution >= 4 is 15.9 Å². The molecule has 94 valence electrons. The van der Waals surface area contributed by atoms with Crippen LogP contribution in [0.5, 0.6) is 5.75 Å². The van der Waals surface area contributed by atoms with Crippen molar-refractivity contribution < 1.29 is 4.74 Å². The normalized spacial score (nSPS) is 10.3. The summed E-state index contributed by atoms with van der Waals surface area (Å²) in [6, 6.07) is 11.9. The Balaban J connectivity index is 1.96. The van der Waals surface area contributed by atoms with E-state index in [0.29, 0.717) is 13.2 Å². The summed E-state index contributed by atoms with van der Waals surface area (Å²) in [4.78, 5) is 4.29. The minimum absolute atomic E-state index is 0.527. The van der Waals surface area contributed by atoms with Crippen LogP contribution in [-0.2, 0) is 13.0 Å². The van der Waals surface area contributed by atoms with Crippen LogP contribution in [0, 0.1) is 0 Å². The van der Waals surface area contributed by atoms with Crippen molar-refractivity contribution in [1.82, 2.24) is 4.98 Å². The van der Waals surface area contributed by atoms with Crippen LogP contribution in [0.25, 0.3) is 0 Å². The SMILES string of the molecule is NCCc1ccc(OCc2ccccc2Br)cn1. The average Bonchev–Trinajstić information content (AvgIpc) is 2.40. The summed E-state index contributed by atoms with van der Waals surface area (Å²) in [6.07, 6.45) is 2.53. The molecule has 2 aromatic rings. The quantitative estimate of drug-likeness (QED) is 0.924. The second-order valence-electron chi connectivity index (χ2n) is 3.90. The van der Waals surface area contributed by atoms with E-state index in [2.05, 4.69) is 20.9 Å². The molecule has 0 radical (unpaired) electrons. The Kier molecular flexibility index (Phi) is 4.73. The first-order chi connectivity index (χ1) is 8.79. The van der Waals surface area contributed by atoms with Gasteiger partial charge in [-0.3, -0.25) is 4.98 Å². The lowest BCUT2D eigenvalue weighted by atomic mass is 10.2. The largest absolute Gasteiger partial charge is 0.487 e. The third kappa shape index (κ3) is 3.55. The summed E-state index contributed by atoms with van der Waals surface area (Å²) in [7, 11) is 0. The predicted molar refractivity (Wildman–Crippen MR) is 75.5 cm³/mol. The van der Waals surface area contributed by atoms with Gasteiger partial charge < -0.3 is 10.5 Å². The molecular weight excluding hydrogens is 292 g/mol. The van der Waals surface area contributed by atoms with Gasteiger partial charge in [0, 0.05) is 22.2 Å². The van der Waals surface area contributed by atoms with E-state index in [1.807, 2.05) is 36.4 Å². The summed E-state index contributed by atoms with van der Waals surface area (Å²) in [5.41, 5.74) is 7.58. The molecule has 4 heteroatoms. The van der Waals surface area contributed by atoms with E-state index in [1.165, 1.54) is 0 Å². The van der Waals surface area contributed by atoms with Crippen LogP contribution in [0.3, 0.4) is 0 Å². The monoisotopic (exact) mass is 306 g/mol. The lowest BCUT2D eigenvalue weighted by molar-refractivity contribution is 0.304. The Morgan fingerprint density at radius 2 is 2.00 bits per heavy atom. The maximum absolute atomic E-state index is 5.68. The number of nitrogens with two attached hydrogens (primary N) is 1. The van der Waals surface area contributed by atoms with Crippen LogP contribution < -0.4 is 10.5 Å². The fraction of sp³-hybridized carbons (Fsp3) is 0.214. The minimum atomic E-state index is 0.527. The topological polar surface area (TPSA) is 48.1 Å². The lowest BCUT2D eigenvalue weighted by Gasteiger charge is -2.08. The molecule has 0 atom stereocenters. The Morgan fingerprint density at radius 1 is 1.17 bits per heavy atom. The van der Waals surface area contributed by atoms with Crippen LogP contribution in [0.1, 0.15) is 11.3 Å². The van der Waals surface area contributed by atoms with E-state index in [9.17, 15) is 0 Å². The fourth-order valence-corrected chi connectivity index (χ4v) is 1.97. The van der Waals surface area contributed by atoms with Gasteiger partial charge in [-0.25, -0.2) is 0 Å². The molecule has 2 N–H and O–H groups in total. The van der Waals surface area contributed by atoms with Gasteiger partial charge >= 0.3 is 0 Å². The van der Waals surface area contributed by atoms with Crippen molar-refractivity contribution in [3.05, 3.63) is 58.3 Å². The zero-order valence-electron chi connectivity index (χ0n) is 9.97. The third-order valence-corrected chi connectivity index (χ3v) is 3.32. The number of hydrogen-bond acceptors (Lipinski definition) is 3. The Morgan fingerprint density at radius 3 is 2.67 bits per heavy atom. The first-order valence-electron chi connectivity index (χ1n) is 5.81. The highest BCUT2D eigenvalue weighted by Gasteiger charge is 2.00. The molecule has 0 aliphatic rings. The van der Waals surface area contributed by atoms with Crippen molar-refractivity contribution in [2.75, 3.05) is 6.54 Å². The number of pyridine rings is 1. The van der Waals surface area contributed by atoms with E-state index in [1.54, 1.807) is 6.20 Å². The fourth-order valence-electron chi connectivity index (χ4n) is 1.57. The molecule has 0 fully saturated rings. The van der Waals surface area contributed by atoms with Crippen LogP contribution in [0.4, 0.5) is 0 Å². The van der Waals surface area contributed by atoms with Gasteiger partial charge in [0.05, 0.1) is 6.20 Å². The number of rotatable bonds is 5. The molecular formula is C14H15BrN2O. The lowest BCUT2D eigenvalue weighted by Crippen LogP contribution is -2.04. The minimum Gasteiger partial charge on any atom is -0.487 e. The maximum atomic E-state index is 5.68. The summed E-state index contributed by atoms with van der Waals surface area (Å²) in [5.74, 6) is 0.770. The van der Waals surface area contributed by atoms with Gasteiger partial charge in [-0.05, 0) is 24.7 Å². The van der Waals surface area contributed by atoms with Gasteiger partial charge in [-0.15, -0.1) is 0 Å². The molecule has 2 rings (SSSR count). The summed E-state index contributed by atoms with van der Waals surface area (Å²) in [5, 5.41) is 0. The van der Waals surface area contributed by atoms with E-state index in [4.69, 9.17) is 10.5 Å². The number of ether oxygens (including phenoxy) is 1. The Bertz CT molecular complexity index is 499. The number of halogens is 1. The van der Waals surface area contributed by atoms with Crippen LogP contribution in [0.15, 0.2) is 47.1 Å². The van der Waals surface area contributed by atoms with Crippen LogP contribution in [-0.4, -0.2) is 11.5 Å². The molecule has 18 heavy (non-hydrogen) atoms. The van der Waals surface area contributed by atoms with Crippen molar-refractivity contribution in [2.24, 2.45) is 5.73 Å². The molecule has 0 aliphatic heterocycles. The highest BCUT2D eigenvalue weighted by molar-refractivity contribution is 9.10. The summed E-state index contributed by atoms with van der Waals surface area (Å²) < 4.78 is 6.74. The molecule has 1 aromatic heterocycles. The zero-order chi connectivity index (χ0) is 12.8. The van der Waals surface area contributed by atoms with Gasteiger partial charge in [0.1, 0.15) is 12.4 Å². The van der Waals surface area contributed by atoms with E-state index in [-0.39, 0.29) is 0 Å². The molecule has 1 heterocycles. The number of aromatic nitrogens is 1. The molecule has 3 nitrogen and oxygen atoms in total. The van der Waals surface area contributed by atoms with Crippen molar-refractivity contribution in [3.63, 3.8) is 0 Å². The number of benzene rings is 1. The molecule has 0 spiro atoms. The smallest absolute Gasteiger partial charge is 0.138 e. The Hall–Kier alpha value is -1.39. The molecule has 0 aliphatic carbocycles. The molecule has 1 aromatic carbocycles. The molecule has 0 bridgehead atoms. The van der Waals surface area contributed by atoms with Crippen molar-refractivity contribution in [2.45, 2.75) is 13.0 Å². The number of nitrogens with zero attached hydrogens (tertiary/aromatic N) is 1. The van der Waals surface area contributed by atoms with Crippen molar-refractivity contribution in [3.8, 4) is 5.75 Å². The molecule has 0 saturated heterocycles.